The molecule has 1 aliphatic carbocycles. The van der Waals surface area contributed by atoms with Gasteiger partial charge in [0.25, 0.3) is 5.91 Å². The van der Waals surface area contributed by atoms with Crippen LogP contribution in [0.25, 0.3) is 18.3 Å². The van der Waals surface area contributed by atoms with Gasteiger partial charge in [-0.25, -0.2) is 9.78 Å². The Labute approximate surface area is 180 Å². The number of aromatic amines is 2. The van der Waals surface area contributed by atoms with Crippen molar-refractivity contribution in [2.24, 2.45) is 0 Å². The summed E-state index contributed by atoms with van der Waals surface area (Å²) >= 11 is 0. The first-order valence-corrected chi connectivity index (χ1v) is 9.96. The van der Waals surface area contributed by atoms with Crippen molar-refractivity contribution in [3.8, 4) is 6.07 Å². The van der Waals surface area contributed by atoms with Crippen LogP contribution in [-0.2, 0) is 0 Å². The highest BCUT2D eigenvalue weighted by Crippen LogP contribution is 2.27. The van der Waals surface area contributed by atoms with E-state index in [9.17, 15) is 9.59 Å². The van der Waals surface area contributed by atoms with Crippen LogP contribution in [0.4, 0.5) is 11.6 Å². The molecule has 10 nitrogen and oxygen atoms in total. The zero-order valence-corrected chi connectivity index (χ0v) is 16.8. The van der Waals surface area contributed by atoms with Gasteiger partial charge in [-0.2, -0.15) is 14.9 Å². The maximum atomic E-state index is 12.7. The molecule has 5 rings (SSSR count). The third-order valence-electron chi connectivity index (χ3n) is 5.08. The quantitative estimate of drug-likeness (QED) is 0.370. The van der Waals surface area contributed by atoms with Crippen molar-refractivity contribution in [2.45, 2.75) is 18.9 Å². The van der Waals surface area contributed by atoms with Crippen LogP contribution >= 0.6 is 0 Å². The molecular formula is C22H18N8O2. The maximum Gasteiger partial charge on any atom is 0.323 e. The number of nitrogens with one attached hydrogen (secondary N) is 4. The molecule has 1 aliphatic rings. The van der Waals surface area contributed by atoms with Crippen molar-refractivity contribution in [2.75, 3.05) is 10.6 Å². The van der Waals surface area contributed by atoms with Gasteiger partial charge >= 0.3 is 5.69 Å². The van der Waals surface area contributed by atoms with Crippen LogP contribution in [0.3, 0.4) is 0 Å². The Morgan fingerprint density at radius 1 is 1.28 bits per heavy atom. The molecule has 158 valence electrons. The van der Waals surface area contributed by atoms with E-state index in [0.717, 1.165) is 12.8 Å². The zero-order chi connectivity index (χ0) is 22.2. The summed E-state index contributed by atoms with van der Waals surface area (Å²) in [5, 5.41) is 20.6. The SMILES string of the molecule is C=c1[nH]c(=O)[nH]/c1=C\c1cnn2c(NC3CC3)cc(NC(=O)c3ccc(C#N)cc3)nc12. The third-order valence-corrected chi connectivity index (χ3v) is 5.08. The highest BCUT2D eigenvalue weighted by molar-refractivity contribution is 6.04. The number of benzene rings is 1. The van der Waals surface area contributed by atoms with E-state index in [0.29, 0.717) is 50.7 Å². The number of carbonyl (C=O) groups excluding carboxylic acids is 1. The molecule has 3 heterocycles. The van der Waals surface area contributed by atoms with Gasteiger partial charge in [0.15, 0.2) is 5.65 Å². The molecule has 0 aliphatic heterocycles. The molecule has 0 bridgehead atoms. The van der Waals surface area contributed by atoms with Gasteiger partial charge in [-0.1, -0.05) is 6.58 Å². The summed E-state index contributed by atoms with van der Waals surface area (Å²) < 4.78 is 1.66. The molecule has 4 N–H and O–H groups in total. The third kappa shape index (κ3) is 3.75. The van der Waals surface area contributed by atoms with Gasteiger partial charge in [-0.05, 0) is 43.2 Å². The van der Waals surface area contributed by atoms with Gasteiger partial charge in [0.05, 0.1) is 28.5 Å². The minimum Gasteiger partial charge on any atom is -0.367 e. The van der Waals surface area contributed by atoms with E-state index in [1.807, 2.05) is 6.07 Å². The van der Waals surface area contributed by atoms with Crippen molar-refractivity contribution in [3.05, 3.63) is 74.4 Å². The van der Waals surface area contributed by atoms with E-state index < -0.39 is 0 Å². The number of H-pyrrole nitrogens is 2. The van der Waals surface area contributed by atoms with Gasteiger partial charge in [0.1, 0.15) is 11.6 Å². The van der Waals surface area contributed by atoms with Crippen LogP contribution in [0.15, 0.2) is 41.3 Å². The molecule has 0 radical (unpaired) electrons. The van der Waals surface area contributed by atoms with E-state index in [1.165, 1.54) is 0 Å². The topological polar surface area (TPSA) is 144 Å². The Balaban J connectivity index is 1.56. The normalized spacial score (nSPS) is 13.8. The molecule has 1 amide bonds. The molecular weight excluding hydrogens is 408 g/mol. The lowest BCUT2D eigenvalue weighted by molar-refractivity contribution is 0.102. The lowest BCUT2D eigenvalue weighted by atomic mass is 10.1. The van der Waals surface area contributed by atoms with Crippen molar-refractivity contribution in [3.63, 3.8) is 0 Å². The molecule has 0 unspecified atom stereocenters. The second-order valence-electron chi connectivity index (χ2n) is 7.54. The second-order valence-corrected chi connectivity index (χ2v) is 7.54. The first-order valence-electron chi connectivity index (χ1n) is 9.96. The van der Waals surface area contributed by atoms with Gasteiger partial charge in [-0.15, -0.1) is 0 Å². The summed E-state index contributed by atoms with van der Waals surface area (Å²) in [5.41, 5.74) is 1.70. The fourth-order valence-corrected chi connectivity index (χ4v) is 3.28. The minimum atomic E-state index is -0.350. The van der Waals surface area contributed by atoms with Crippen LogP contribution in [-0.4, -0.2) is 36.5 Å². The minimum absolute atomic E-state index is 0.344. The van der Waals surface area contributed by atoms with E-state index in [1.54, 1.807) is 47.1 Å². The van der Waals surface area contributed by atoms with E-state index in [-0.39, 0.29) is 11.6 Å². The number of carbonyl (C=O) groups is 1. The summed E-state index contributed by atoms with van der Waals surface area (Å²) in [6.45, 7) is 3.81. The number of rotatable bonds is 5. The average molecular weight is 426 g/mol. The summed E-state index contributed by atoms with van der Waals surface area (Å²) in [6, 6.07) is 10.5. The van der Waals surface area contributed by atoms with Crippen LogP contribution in [0.5, 0.6) is 0 Å². The number of hydrogen-bond acceptors (Lipinski definition) is 6. The fraction of sp³-hybridized carbons (Fsp3) is 0.136. The number of nitriles is 1. The highest BCUT2D eigenvalue weighted by atomic mass is 16.2. The lowest BCUT2D eigenvalue weighted by Gasteiger charge is -2.11. The summed E-state index contributed by atoms with van der Waals surface area (Å²) in [7, 11) is 0. The smallest absolute Gasteiger partial charge is 0.323 e. The number of nitrogens with zero attached hydrogens (tertiary/aromatic N) is 4. The highest BCUT2D eigenvalue weighted by Gasteiger charge is 2.23. The van der Waals surface area contributed by atoms with E-state index in [2.05, 4.69) is 37.3 Å². The van der Waals surface area contributed by atoms with Gasteiger partial charge in [0, 0.05) is 23.2 Å². The molecule has 4 aromatic rings. The Kier molecular flexibility index (Phi) is 4.56. The molecule has 0 atom stereocenters. The zero-order valence-electron chi connectivity index (χ0n) is 16.8. The van der Waals surface area contributed by atoms with Crippen molar-refractivity contribution in [1.82, 2.24) is 24.6 Å². The van der Waals surface area contributed by atoms with E-state index >= 15 is 0 Å². The second kappa shape index (κ2) is 7.55. The molecule has 1 aromatic carbocycles. The molecule has 3 aromatic heterocycles. The van der Waals surface area contributed by atoms with Gasteiger partial charge in [0.2, 0.25) is 0 Å². The number of hydrogen-bond donors (Lipinski definition) is 4. The number of fused-ring (bicyclic) bond motifs is 1. The number of anilines is 2. The van der Waals surface area contributed by atoms with Crippen LogP contribution in [0.2, 0.25) is 0 Å². The van der Waals surface area contributed by atoms with Crippen LogP contribution in [0.1, 0.15) is 34.3 Å². The van der Waals surface area contributed by atoms with Crippen LogP contribution < -0.4 is 27.0 Å². The van der Waals surface area contributed by atoms with Gasteiger partial charge < -0.3 is 20.6 Å². The summed E-state index contributed by atoms with van der Waals surface area (Å²) in [4.78, 5) is 34.1. The van der Waals surface area contributed by atoms with Crippen molar-refractivity contribution < 1.29 is 4.79 Å². The first kappa shape index (κ1) is 19.3. The summed E-state index contributed by atoms with van der Waals surface area (Å²) in [5.74, 6) is 0.705. The molecule has 32 heavy (non-hydrogen) atoms. The number of imidazole rings is 1. The first-order chi connectivity index (χ1) is 15.5. The number of aromatic nitrogens is 5. The Morgan fingerprint density at radius 3 is 2.72 bits per heavy atom. The maximum absolute atomic E-state index is 12.7. The Bertz CT molecular complexity index is 1550. The Hall–Kier alpha value is -4.65. The monoisotopic (exact) mass is 426 g/mol. The van der Waals surface area contributed by atoms with Crippen molar-refractivity contribution >= 4 is 35.8 Å². The molecule has 1 fully saturated rings. The van der Waals surface area contributed by atoms with Crippen LogP contribution in [0, 0.1) is 11.3 Å². The largest absolute Gasteiger partial charge is 0.367 e. The lowest BCUT2D eigenvalue weighted by Crippen LogP contribution is -2.22. The molecule has 1 saturated carbocycles. The average Bonchev–Trinajstić information content (AvgIpc) is 3.42. The van der Waals surface area contributed by atoms with E-state index in [4.69, 9.17) is 5.26 Å². The number of amides is 1. The van der Waals surface area contributed by atoms with Gasteiger partial charge in [-0.3, -0.25) is 4.79 Å². The van der Waals surface area contributed by atoms with Crippen molar-refractivity contribution in [1.29, 1.82) is 5.26 Å². The molecule has 0 saturated heterocycles. The predicted octanol–water partition coefficient (Wildman–Crippen LogP) is 0.683. The molecule has 10 heteroatoms. The standard InChI is InChI=1S/C22H18N8O2/c1-12-17(27-22(32)25-12)8-15-11-24-30-19(26-16-6-7-16)9-18(28-20(15)30)29-21(31)14-4-2-13(10-23)3-5-14/h2-5,8-9,11,16,26H,1,6-7H2,(H2,25,27,32)(H,28,29,31)/b17-8-. The predicted molar refractivity (Wildman–Crippen MR) is 118 cm³/mol. The summed E-state index contributed by atoms with van der Waals surface area (Å²) in [6.07, 6.45) is 5.49. The molecule has 0 spiro atoms. The Morgan fingerprint density at radius 2 is 2.06 bits per heavy atom. The fourth-order valence-electron chi connectivity index (χ4n) is 3.28.